The maximum Gasteiger partial charge on any atom is 0.0549 e. The van der Waals surface area contributed by atoms with Gasteiger partial charge in [0.05, 0.1) is 5.25 Å². The molecule has 0 spiro atoms. The van der Waals surface area contributed by atoms with Gasteiger partial charge in [0.25, 0.3) is 0 Å². The molecule has 0 saturated heterocycles. The Balaban J connectivity index is 2.29. The van der Waals surface area contributed by atoms with Crippen molar-refractivity contribution in [2.45, 2.75) is 49.7 Å². The molecule has 2 nitrogen and oxygen atoms in total. The molecule has 0 radical (unpaired) electrons. The Kier molecular flexibility index (Phi) is 3.41. The summed E-state index contributed by atoms with van der Waals surface area (Å²) in [7, 11) is -0.886. The smallest absolute Gasteiger partial charge is 0.0549 e. The van der Waals surface area contributed by atoms with Crippen molar-refractivity contribution >= 4 is 10.8 Å². The second-order valence-electron chi connectivity index (χ2n) is 5.71. The van der Waals surface area contributed by atoms with E-state index in [1.54, 1.807) is 0 Å². The maximum absolute atomic E-state index is 12.5. The maximum atomic E-state index is 12.5. The van der Waals surface area contributed by atoms with E-state index < -0.39 is 10.8 Å². The quantitative estimate of drug-likeness (QED) is 0.833. The van der Waals surface area contributed by atoms with Gasteiger partial charge in [-0.15, -0.1) is 0 Å². The Morgan fingerprint density at radius 2 is 1.94 bits per heavy atom. The highest BCUT2D eigenvalue weighted by Gasteiger charge is 2.35. The van der Waals surface area contributed by atoms with Crippen LogP contribution in [-0.4, -0.2) is 14.2 Å². The van der Waals surface area contributed by atoms with E-state index in [0.717, 1.165) is 12.8 Å². The van der Waals surface area contributed by atoms with Gasteiger partial charge in [-0.2, -0.15) is 0 Å². The zero-order valence-electron chi connectivity index (χ0n) is 10.8. The molecule has 3 heteroatoms. The highest BCUT2D eigenvalue weighted by molar-refractivity contribution is 7.87. The summed E-state index contributed by atoms with van der Waals surface area (Å²) < 4.78 is 12.3. The monoisotopic (exact) mass is 251 g/mol. The van der Waals surface area contributed by atoms with Crippen molar-refractivity contribution in [3.8, 4) is 0 Å². The highest BCUT2D eigenvalue weighted by atomic mass is 32.2. The lowest BCUT2D eigenvalue weighted by molar-refractivity contribution is 0.548. The van der Waals surface area contributed by atoms with Crippen LogP contribution in [-0.2, 0) is 17.2 Å². The predicted octanol–water partition coefficient (Wildman–Crippen LogP) is 2.55. The Labute approximate surface area is 106 Å². The first-order valence-electron chi connectivity index (χ1n) is 6.15. The number of benzene rings is 1. The van der Waals surface area contributed by atoms with Gasteiger partial charge in [0.1, 0.15) is 0 Å². The first-order chi connectivity index (χ1) is 7.91. The van der Waals surface area contributed by atoms with Crippen molar-refractivity contribution in [2.24, 2.45) is 5.73 Å². The van der Waals surface area contributed by atoms with Crippen LogP contribution in [0.3, 0.4) is 0 Å². The summed E-state index contributed by atoms with van der Waals surface area (Å²) in [6.45, 7) is 6.07. The molecule has 0 fully saturated rings. The van der Waals surface area contributed by atoms with Crippen molar-refractivity contribution in [1.29, 1.82) is 0 Å². The molecule has 0 aromatic heterocycles. The van der Waals surface area contributed by atoms with E-state index in [1.807, 2.05) is 32.9 Å². The Morgan fingerprint density at radius 3 is 2.59 bits per heavy atom. The molecular weight excluding hydrogens is 230 g/mol. The molecule has 0 aliphatic heterocycles. The minimum atomic E-state index is -0.886. The molecule has 0 saturated carbocycles. The van der Waals surface area contributed by atoms with Gasteiger partial charge in [0, 0.05) is 21.6 Å². The number of rotatable bonds is 1. The molecule has 1 aliphatic rings. The van der Waals surface area contributed by atoms with Gasteiger partial charge < -0.3 is 5.73 Å². The van der Waals surface area contributed by atoms with Crippen LogP contribution in [0.15, 0.2) is 24.3 Å². The molecule has 1 aromatic rings. The summed E-state index contributed by atoms with van der Waals surface area (Å²) in [5, 5.41) is 0.0879. The molecule has 3 unspecified atom stereocenters. The Morgan fingerprint density at radius 1 is 1.29 bits per heavy atom. The van der Waals surface area contributed by atoms with Crippen LogP contribution in [0, 0.1) is 0 Å². The number of aryl methyl sites for hydroxylation is 1. The summed E-state index contributed by atoms with van der Waals surface area (Å²) >= 11 is 0. The normalized spacial score (nSPS) is 26.4. The lowest BCUT2D eigenvalue weighted by atomic mass is 9.88. The lowest BCUT2D eigenvalue weighted by Gasteiger charge is -2.34. The molecule has 1 aliphatic carbocycles. The van der Waals surface area contributed by atoms with Gasteiger partial charge in [-0.3, -0.25) is 4.21 Å². The van der Waals surface area contributed by atoms with Crippen LogP contribution in [0.5, 0.6) is 0 Å². The van der Waals surface area contributed by atoms with E-state index in [0.29, 0.717) is 0 Å². The number of hydrogen-bond acceptors (Lipinski definition) is 2. The fraction of sp³-hybridized carbons (Fsp3) is 0.571. The molecular formula is C14H21NOS. The van der Waals surface area contributed by atoms with Crippen molar-refractivity contribution in [3.05, 3.63) is 35.4 Å². The molecule has 0 heterocycles. The molecule has 3 atom stereocenters. The zero-order chi connectivity index (χ0) is 12.6. The first kappa shape index (κ1) is 12.8. The third-order valence-electron chi connectivity index (χ3n) is 3.39. The lowest BCUT2D eigenvalue weighted by Crippen LogP contribution is -2.41. The largest absolute Gasteiger partial charge is 0.323 e. The second-order valence-corrected chi connectivity index (χ2v) is 8.14. The van der Waals surface area contributed by atoms with Gasteiger partial charge in [-0.05, 0) is 44.7 Å². The van der Waals surface area contributed by atoms with Gasteiger partial charge in [0.2, 0.25) is 0 Å². The fourth-order valence-corrected chi connectivity index (χ4v) is 4.11. The molecule has 0 bridgehead atoms. The van der Waals surface area contributed by atoms with Crippen LogP contribution < -0.4 is 5.73 Å². The average Bonchev–Trinajstić information content (AvgIpc) is 2.28. The van der Waals surface area contributed by atoms with Crippen LogP contribution in [0.25, 0.3) is 0 Å². The third kappa shape index (κ3) is 2.45. The molecule has 0 amide bonds. The summed E-state index contributed by atoms with van der Waals surface area (Å²) in [5.41, 5.74) is 8.80. The minimum Gasteiger partial charge on any atom is -0.323 e. The van der Waals surface area contributed by atoms with Crippen LogP contribution >= 0.6 is 0 Å². The SMILES string of the molecule is CC(C)(C)S(=O)C1CCc2ccccc2C1N. The number of fused-ring (bicyclic) bond motifs is 1. The minimum absolute atomic E-state index is 0.0833. The summed E-state index contributed by atoms with van der Waals surface area (Å²) in [5.74, 6) is 0. The van der Waals surface area contributed by atoms with E-state index >= 15 is 0 Å². The number of hydrogen-bond donors (Lipinski definition) is 1. The van der Waals surface area contributed by atoms with E-state index in [9.17, 15) is 4.21 Å². The molecule has 1 aromatic carbocycles. The van der Waals surface area contributed by atoms with Crippen LogP contribution in [0.1, 0.15) is 44.4 Å². The standard InChI is InChI=1S/C14H21NOS/c1-14(2,3)17(16)12-9-8-10-6-4-5-7-11(10)13(12)15/h4-7,12-13H,8-9,15H2,1-3H3. The van der Waals surface area contributed by atoms with Gasteiger partial charge >= 0.3 is 0 Å². The van der Waals surface area contributed by atoms with Gasteiger partial charge in [0.15, 0.2) is 0 Å². The van der Waals surface area contributed by atoms with Crippen molar-refractivity contribution in [1.82, 2.24) is 0 Å². The van der Waals surface area contributed by atoms with Gasteiger partial charge in [-0.1, -0.05) is 24.3 Å². The van der Waals surface area contributed by atoms with E-state index in [-0.39, 0.29) is 16.0 Å². The molecule has 2 N–H and O–H groups in total. The topological polar surface area (TPSA) is 43.1 Å². The van der Waals surface area contributed by atoms with Crippen molar-refractivity contribution in [3.63, 3.8) is 0 Å². The predicted molar refractivity (Wildman–Crippen MR) is 73.4 cm³/mol. The first-order valence-corrected chi connectivity index (χ1v) is 7.36. The molecule has 17 heavy (non-hydrogen) atoms. The van der Waals surface area contributed by atoms with Crippen LogP contribution in [0.4, 0.5) is 0 Å². The third-order valence-corrected chi connectivity index (χ3v) is 5.68. The molecule has 2 rings (SSSR count). The fourth-order valence-electron chi connectivity index (χ4n) is 2.46. The second kappa shape index (κ2) is 4.54. The van der Waals surface area contributed by atoms with Crippen molar-refractivity contribution in [2.75, 3.05) is 0 Å². The Hall–Kier alpha value is -0.670. The molecule has 94 valence electrons. The van der Waals surface area contributed by atoms with Crippen molar-refractivity contribution < 1.29 is 4.21 Å². The Bertz CT molecular complexity index is 436. The van der Waals surface area contributed by atoms with Crippen LogP contribution in [0.2, 0.25) is 0 Å². The summed E-state index contributed by atoms with van der Waals surface area (Å²) in [6, 6.07) is 8.19. The number of nitrogens with two attached hydrogens (primary N) is 1. The van der Waals surface area contributed by atoms with E-state index in [4.69, 9.17) is 5.73 Å². The zero-order valence-corrected chi connectivity index (χ0v) is 11.6. The highest BCUT2D eigenvalue weighted by Crippen LogP contribution is 2.34. The summed E-state index contributed by atoms with van der Waals surface area (Å²) in [4.78, 5) is 0. The van der Waals surface area contributed by atoms with Gasteiger partial charge in [-0.25, -0.2) is 0 Å². The van der Waals surface area contributed by atoms with E-state index in [2.05, 4.69) is 12.1 Å². The average molecular weight is 251 g/mol. The summed E-state index contributed by atoms with van der Waals surface area (Å²) in [6.07, 6.45) is 1.93. The van der Waals surface area contributed by atoms with E-state index in [1.165, 1.54) is 11.1 Å².